The van der Waals surface area contributed by atoms with Crippen molar-refractivity contribution in [3.8, 4) is 22.8 Å². The van der Waals surface area contributed by atoms with Gasteiger partial charge in [-0.2, -0.15) is 0 Å². The molecule has 1 fully saturated rings. The van der Waals surface area contributed by atoms with E-state index in [9.17, 15) is 19.5 Å². The molecule has 1 saturated heterocycles. The van der Waals surface area contributed by atoms with Gasteiger partial charge >= 0.3 is 11.9 Å². The van der Waals surface area contributed by atoms with Crippen LogP contribution < -0.4 is 4.74 Å². The molecule has 5 rings (SSSR count). The van der Waals surface area contributed by atoms with Gasteiger partial charge in [0, 0.05) is 30.4 Å². The summed E-state index contributed by atoms with van der Waals surface area (Å²) >= 11 is 0. The van der Waals surface area contributed by atoms with E-state index < -0.39 is 17.9 Å². The van der Waals surface area contributed by atoms with E-state index in [-0.39, 0.29) is 40.6 Å². The van der Waals surface area contributed by atoms with Crippen LogP contribution in [0, 0.1) is 0 Å². The first-order chi connectivity index (χ1) is 18.9. The van der Waals surface area contributed by atoms with Crippen LogP contribution in [0.2, 0.25) is 0 Å². The van der Waals surface area contributed by atoms with Crippen LogP contribution in [0.15, 0.2) is 64.9 Å². The van der Waals surface area contributed by atoms with Crippen molar-refractivity contribution in [1.29, 1.82) is 0 Å². The van der Waals surface area contributed by atoms with Crippen molar-refractivity contribution in [3.05, 3.63) is 82.9 Å². The number of methoxy groups -OCH3 is 2. The third kappa shape index (κ3) is 5.23. The fraction of sp³-hybridized carbons (Fsp3) is 0.276. The second-order valence-corrected chi connectivity index (χ2v) is 9.05. The topological polar surface area (TPSA) is 125 Å². The summed E-state index contributed by atoms with van der Waals surface area (Å²) in [5, 5.41) is 10.9. The van der Waals surface area contributed by atoms with Crippen molar-refractivity contribution in [2.75, 3.05) is 40.5 Å². The lowest BCUT2D eigenvalue weighted by molar-refractivity contribution is -0.140. The number of ether oxygens (including phenoxy) is 4. The lowest BCUT2D eigenvalue weighted by Gasteiger charge is -2.25. The normalized spacial score (nSPS) is 16.5. The van der Waals surface area contributed by atoms with Gasteiger partial charge in [-0.25, -0.2) is 4.79 Å². The summed E-state index contributed by atoms with van der Waals surface area (Å²) in [7, 11) is 2.58. The number of ketones is 1. The van der Waals surface area contributed by atoms with E-state index in [2.05, 4.69) is 0 Å². The molecule has 2 aliphatic rings. The lowest BCUT2D eigenvalue weighted by Crippen LogP contribution is -2.32. The van der Waals surface area contributed by atoms with Gasteiger partial charge in [0.15, 0.2) is 5.76 Å². The molecule has 39 heavy (non-hydrogen) atoms. The van der Waals surface area contributed by atoms with Crippen LogP contribution >= 0.6 is 0 Å². The Labute approximate surface area is 224 Å². The van der Waals surface area contributed by atoms with Gasteiger partial charge in [-0.1, -0.05) is 12.1 Å². The van der Waals surface area contributed by atoms with Crippen molar-refractivity contribution >= 4 is 17.7 Å². The van der Waals surface area contributed by atoms with E-state index >= 15 is 0 Å². The maximum absolute atomic E-state index is 13.2. The van der Waals surface area contributed by atoms with Gasteiger partial charge in [0.05, 0.1) is 50.9 Å². The third-order valence-corrected chi connectivity index (χ3v) is 6.71. The number of hydrogen-bond acceptors (Lipinski definition) is 10. The summed E-state index contributed by atoms with van der Waals surface area (Å²) in [6, 6.07) is 13.0. The zero-order valence-electron chi connectivity index (χ0n) is 21.5. The Morgan fingerprint density at radius 1 is 1.03 bits per heavy atom. The maximum Gasteiger partial charge on any atom is 0.337 e. The molecule has 0 radical (unpaired) electrons. The molecule has 0 saturated carbocycles. The second kappa shape index (κ2) is 11.0. The standard InChI is InChI=1S/C29H27NO9/c1-35-25(32)15-20(23-10-9-22(38-23)17-3-5-18(6-4-17)29(34)36-2)26-21(31)8-7-19-27(33)24(39-28(19)26)16-30-11-13-37-14-12-30/h3-10,16,20,31H,11-15H2,1-2H3/b24-16-. The van der Waals surface area contributed by atoms with Gasteiger partial charge in [-0.05, 0) is 36.4 Å². The molecular formula is C29H27NO9. The number of phenolic OH excluding ortho intramolecular Hbond substituents is 1. The molecule has 0 spiro atoms. The Morgan fingerprint density at radius 3 is 2.46 bits per heavy atom. The first-order valence-electron chi connectivity index (χ1n) is 12.4. The van der Waals surface area contributed by atoms with Crippen LogP contribution in [0.4, 0.5) is 0 Å². The van der Waals surface area contributed by atoms with Crippen molar-refractivity contribution in [2.45, 2.75) is 12.3 Å². The summed E-state index contributed by atoms with van der Waals surface area (Å²) in [6.07, 6.45) is 1.48. The average Bonchev–Trinajstić information content (AvgIpc) is 3.57. The van der Waals surface area contributed by atoms with Crippen LogP contribution in [-0.4, -0.2) is 68.3 Å². The Balaban J connectivity index is 1.51. The third-order valence-electron chi connectivity index (χ3n) is 6.71. The average molecular weight is 534 g/mol. The van der Waals surface area contributed by atoms with Gasteiger partial charge in [-0.15, -0.1) is 0 Å². The fourth-order valence-electron chi connectivity index (χ4n) is 4.64. The van der Waals surface area contributed by atoms with E-state index in [1.807, 2.05) is 4.90 Å². The highest BCUT2D eigenvalue weighted by atomic mass is 16.5. The Hall–Kier alpha value is -4.57. The van der Waals surface area contributed by atoms with Crippen LogP contribution in [0.1, 0.15) is 44.4 Å². The number of fused-ring (bicyclic) bond motifs is 1. The molecular weight excluding hydrogens is 506 g/mol. The second-order valence-electron chi connectivity index (χ2n) is 9.05. The quantitative estimate of drug-likeness (QED) is 0.353. The number of carbonyl (C=O) groups is 3. The molecule has 10 heteroatoms. The fourth-order valence-corrected chi connectivity index (χ4v) is 4.64. The maximum atomic E-state index is 13.2. The summed E-state index contributed by atoms with van der Waals surface area (Å²) in [5.74, 6) is -1.13. The minimum absolute atomic E-state index is 0.126. The first kappa shape index (κ1) is 26.1. The van der Waals surface area contributed by atoms with Crippen LogP contribution in [0.5, 0.6) is 11.5 Å². The van der Waals surface area contributed by atoms with Crippen molar-refractivity contribution < 1.29 is 42.9 Å². The van der Waals surface area contributed by atoms with Crippen LogP contribution in [0.3, 0.4) is 0 Å². The molecule has 1 N–H and O–H groups in total. The molecule has 3 aromatic rings. The molecule has 3 heterocycles. The number of furan rings is 1. The summed E-state index contributed by atoms with van der Waals surface area (Å²) in [6.45, 7) is 2.33. The van der Waals surface area contributed by atoms with Crippen LogP contribution in [0.25, 0.3) is 11.3 Å². The monoisotopic (exact) mass is 533 g/mol. The van der Waals surface area contributed by atoms with Crippen molar-refractivity contribution in [1.82, 2.24) is 4.90 Å². The van der Waals surface area contributed by atoms with Crippen LogP contribution in [-0.2, 0) is 19.0 Å². The molecule has 10 nitrogen and oxygen atoms in total. The molecule has 0 amide bonds. The number of aromatic hydroxyl groups is 1. The van der Waals surface area contributed by atoms with E-state index in [1.54, 1.807) is 42.6 Å². The van der Waals surface area contributed by atoms with E-state index in [0.29, 0.717) is 49.0 Å². The Kier molecular flexibility index (Phi) is 7.38. The predicted octanol–water partition coefficient (Wildman–Crippen LogP) is 3.88. The van der Waals surface area contributed by atoms with Crippen molar-refractivity contribution in [2.24, 2.45) is 0 Å². The number of morpholine rings is 1. The SMILES string of the molecule is COC(=O)CC(c1ccc(-c2ccc(C(=O)OC)cc2)o1)c1c(O)ccc2c1O/C(=C\N1CCOCC1)C2=O. The number of Topliss-reactive ketones (excluding diaryl/α,β-unsaturated/α-hetero) is 1. The molecule has 1 aromatic heterocycles. The van der Waals surface area contributed by atoms with Crippen molar-refractivity contribution in [3.63, 3.8) is 0 Å². The molecule has 2 aromatic carbocycles. The smallest absolute Gasteiger partial charge is 0.337 e. The number of esters is 2. The number of hydrogen-bond donors (Lipinski definition) is 1. The molecule has 1 unspecified atom stereocenters. The van der Waals surface area contributed by atoms with Gasteiger partial charge < -0.3 is 33.4 Å². The number of carbonyl (C=O) groups excluding carboxylic acids is 3. The number of benzene rings is 2. The number of allylic oxidation sites excluding steroid dienone is 1. The Bertz CT molecular complexity index is 1430. The summed E-state index contributed by atoms with van der Waals surface area (Å²) < 4.78 is 27.2. The van der Waals surface area contributed by atoms with E-state index in [1.165, 1.54) is 26.4 Å². The zero-order chi connectivity index (χ0) is 27.5. The molecule has 2 aliphatic heterocycles. The van der Waals surface area contributed by atoms with E-state index in [0.717, 1.165) is 0 Å². The van der Waals surface area contributed by atoms with Gasteiger partial charge in [-0.3, -0.25) is 9.59 Å². The summed E-state index contributed by atoms with van der Waals surface area (Å²) in [4.78, 5) is 39.3. The van der Waals surface area contributed by atoms with E-state index in [4.69, 9.17) is 23.4 Å². The van der Waals surface area contributed by atoms with Gasteiger partial charge in [0.2, 0.25) is 5.78 Å². The zero-order valence-corrected chi connectivity index (χ0v) is 21.5. The lowest BCUT2D eigenvalue weighted by atomic mass is 9.90. The minimum Gasteiger partial charge on any atom is -0.508 e. The highest BCUT2D eigenvalue weighted by molar-refractivity contribution is 6.12. The largest absolute Gasteiger partial charge is 0.508 e. The Morgan fingerprint density at radius 2 is 1.77 bits per heavy atom. The first-order valence-corrected chi connectivity index (χ1v) is 12.4. The summed E-state index contributed by atoms with van der Waals surface area (Å²) in [5.41, 5.74) is 1.61. The number of nitrogens with zero attached hydrogens (tertiary/aromatic N) is 1. The molecule has 0 aliphatic carbocycles. The highest BCUT2D eigenvalue weighted by Gasteiger charge is 2.37. The van der Waals surface area contributed by atoms with Gasteiger partial charge in [0.1, 0.15) is 23.0 Å². The number of phenols is 1. The number of rotatable bonds is 7. The molecule has 0 bridgehead atoms. The highest BCUT2D eigenvalue weighted by Crippen LogP contribution is 2.47. The molecule has 1 atom stereocenters. The molecule has 202 valence electrons. The van der Waals surface area contributed by atoms with Gasteiger partial charge in [0.25, 0.3) is 0 Å². The predicted molar refractivity (Wildman–Crippen MR) is 137 cm³/mol. The minimum atomic E-state index is -0.814.